The Balaban J connectivity index is 1.57. The molecule has 0 aliphatic carbocycles. The van der Waals surface area contributed by atoms with Crippen LogP contribution in [0.5, 0.6) is 11.5 Å². The number of pyridine rings is 2. The van der Waals surface area contributed by atoms with Crippen molar-refractivity contribution in [1.82, 2.24) is 14.9 Å². The number of halogens is 2. The van der Waals surface area contributed by atoms with Crippen LogP contribution >= 0.6 is 11.3 Å². The van der Waals surface area contributed by atoms with E-state index in [-0.39, 0.29) is 17.3 Å². The molecule has 0 fully saturated rings. The number of ether oxygens (including phenoxy) is 2. The first-order chi connectivity index (χ1) is 16.9. The van der Waals surface area contributed by atoms with E-state index in [1.165, 1.54) is 37.4 Å². The average molecular weight is 499 g/mol. The van der Waals surface area contributed by atoms with Gasteiger partial charge in [-0.1, -0.05) is 6.07 Å². The second kappa shape index (κ2) is 10.7. The number of nitrogens with zero attached hydrogens (tertiary/aromatic N) is 3. The predicted molar refractivity (Wildman–Crippen MR) is 132 cm³/mol. The number of carbonyl (C=O) groups excluding carboxylic acids is 1. The largest absolute Gasteiger partial charge is 0.453 e. The summed E-state index contributed by atoms with van der Waals surface area (Å²) in [5.41, 5.74) is 2.33. The third-order valence-corrected chi connectivity index (χ3v) is 6.53. The predicted octanol–water partition coefficient (Wildman–Crippen LogP) is 5.47. The number of nitrogens with one attached hydrogen (secondary N) is 1. The number of rotatable bonds is 9. The number of methoxy groups -OCH3 is 1. The van der Waals surface area contributed by atoms with Crippen molar-refractivity contribution in [3.8, 4) is 22.1 Å². The van der Waals surface area contributed by atoms with Crippen LogP contribution in [0.25, 0.3) is 20.8 Å². The second-order valence-corrected chi connectivity index (χ2v) is 8.76. The number of benzene rings is 1. The van der Waals surface area contributed by atoms with Crippen LogP contribution in [0.15, 0.2) is 48.8 Å². The molecule has 35 heavy (non-hydrogen) atoms. The van der Waals surface area contributed by atoms with Gasteiger partial charge in [0.2, 0.25) is 11.7 Å². The molecule has 0 radical (unpaired) electrons. The Labute approximate surface area is 205 Å². The maximum absolute atomic E-state index is 14.5. The van der Waals surface area contributed by atoms with Gasteiger partial charge in [-0.25, -0.2) is 4.39 Å². The van der Waals surface area contributed by atoms with Gasteiger partial charge in [0, 0.05) is 52.6 Å². The molecule has 0 saturated carbocycles. The van der Waals surface area contributed by atoms with E-state index >= 15 is 0 Å². The maximum atomic E-state index is 14.5. The fraction of sp³-hybridized carbons (Fsp3) is 0.240. The van der Waals surface area contributed by atoms with Gasteiger partial charge in [0.25, 0.3) is 0 Å². The number of anilines is 1. The lowest BCUT2D eigenvalue weighted by Crippen LogP contribution is -2.31. The van der Waals surface area contributed by atoms with E-state index in [9.17, 15) is 13.6 Å². The van der Waals surface area contributed by atoms with E-state index in [2.05, 4.69) is 15.3 Å². The molecule has 0 unspecified atom stereocenters. The summed E-state index contributed by atoms with van der Waals surface area (Å²) in [5, 5.41) is 2.60. The van der Waals surface area contributed by atoms with Crippen LogP contribution < -0.4 is 10.1 Å². The molecule has 3 aromatic heterocycles. The third-order valence-electron chi connectivity index (χ3n) is 5.37. The van der Waals surface area contributed by atoms with E-state index < -0.39 is 11.6 Å². The minimum absolute atomic E-state index is 0.0360. The number of carbonyl (C=O) groups is 1. The molecule has 0 bridgehead atoms. The first-order valence-electron chi connectivity index (χ1n) is 10.8. The molecule has 7 nitrogen and oxygen atoms in total. The van der Waals surface area contributed by atoms with Gasteiger partial charge in [-0.15, -0.1) is 11.3 Å². The van der Waals surface area contributed by atoms with Crippen molar-refractivity contribution in [2.75, 3.05) is 32.6 Å². The van der Waals surface area contributed by atoms with Crippen LogP contribution in [0, 0.1) is 11.6 Å². The van der Waals surface area contributed by atoms with Gasteiger partial charge in [0.1, 0.15) is 5.75 Å². The average Bonchev–Trinajstić information content (AvgIpc) is 3.30. The van der Waals surface area contributed by atoms with E-state index in [1.54, 1.807) is 30.5 Å². The van der Waals surface area contributed by atoms with Gasteiger partial charge < -0.3 is 19.7 Å². The van der Waals surface area contributed by atoms with Crippen molar-refractivity contribution in [3.05, 3.63) is 66.0 Å². The smallest absolute Gasteiger partial charge is 0.219 e. The highest BCUT2D eigenvalue weighted by Crippen LogP contribution is 2.39. The van der Waals surface area contributed by atoms with Crippen molar-refractivity contribution in [1.29, 1.82) is 0 Å². The minimum atomic E-state index is -1.07. The number of thiophene rings is 1. The lowest BCUT2D eigenvalue weighted by atomic mass is 10.2. The van der Waals surface area contributed by atoms with Crippen LogP contribution in [0.2, 0.25) is 0 Å². The molecule has 3 heterocycles. The molecule has 10 heteroatoms. The first kappa shape index (κ1) is 24.5. The van der Waals surface area contributed by atoms with Crippen LogP contribution in [0.1, 0.15) is 12.5 Å². The summed E-state index contributed by atoms with van der Waals surface area (Å²) in [5.74, 6) is -1.95. The lowest BCUT2D eigenvalue weighted by molar-refractivity contribution is -0.130. The molecule has 4 aromatic rings. The highest BCUT2D eigenvalue weighted by molar-refractivity contribution is 7.22. The van der Waals surface area contributed by atoms with E-state index in [4.69, 9.17) is 9.47 Å². The van der Waals surface area contributed by atoms with E-state index in [1.807, 2.05) is 18.2 Å². The summed E-state index contributed by atoms with van der Waals surface area (Å²) in [4.78, 5) is 23.3. The summed E-state index contributed by atoms with van der Waals surface area (Å²) in [7, 11) is 3.11. The Morgan fingerprint density at radius 1 is 1.11 bits per heavy atom. The van der Waals surface area contributed by atoms with Crippen molar-refractivity contribution in [2.45, 2.75) is 13.5 Å². The van der Waals surface area contributed by atoms with Gasteiger partial charge in [0.15, 0.2) is 11.6 Å². The molecule has 1 amide bonds. The summed E-state index contributed by atoms with van der Waals surface area (Å²) >= 11 is 1.39. The Morgan fingerprint density at radius 3 is 2.63 bits per heavy atom. The Hall–Kier alpha value is -3.63. The van der Waals surface area contributed by atoms with Gasteiger partial charge in [-0.3, -0.25) is 14.8 Å². The topological polar surface area (TPSA) is 76.6 Å². The molecule has 182 valence electrons. The Kier molecular flexibility index (Phi) is 7.52. The molecule has 0 saturated heterocycles. The van der Waals surface area contributed by atoms with Crippen LogP contribution in [0.4, 0.5) is 14.5 Å². The van der Waals surface area contributed by atoms with Crippen LogP contribution in [-0.4, -0.2) is 48.1 Å². The van der Waals surface area contributed by atoms with Gasteiger partial charge >= 0.3 is 0 Å². The number of aromatic nitrogens is 2. The highest BCUT2D eigenvalue weighted by atomic mass is 32.1. The van der Waals surface area contributed by atoms with Gasteiger partial charge in [0.05, 0.1) is 33.1 Å². The molecular weight excluding hydrogens is 474 g/mol. The monoisotopic (exact) mass is 498 g/mol. The number of hydrogen-bond donors (Lipinski definition) is 1. The Bertz CT molecular complexity index is 1340. The number of fused-ring (bicyclic) bond motifs is 1. The van der Waals surface area contributed by atoms with Gasteiger partial charge in [-0.2, -0.15) is 4.39 Å². The standard InChI is InChI=1S/C25H24F2N4O3S/c1-15(32)31(10-11-33-3)14-16-4-5-17(30-13-16)22-12-19-25(35-22)21(8-9-29-19)34-20-7-6-18(28-2)23(26)24(20)27/h4-9,12-13,28H,10-11,14H2,1-3H3. The highest BCUT2D eigenvalue weighted by Gasteiger charge is 2.17. The second-order valence-electron chi connectivity index (χ2n) is 7.71. The van der Waals surface area contributed by atoms with Crippen molar-refractivity contribution in [3.63, 3.8) is 0 Å². The maximum Gasteiger partial charge on any atom is 0.219 e. The quantitative estimate of drug-likeness (QED) is 0.330. The van der Waals surface area contributed by atoms with E-state index in [0.717, 1.165) is 16.1 Å². The zero-order valence-corrected chi connectivity index (χ0v) is 20.3. The fourth-order valence-electron chi connectivity index (χ4n) is 3.48. The summed E-state index contributed by atoms with van der Waals surface area (Å²) in [6.45, 7) is 2.92. The normalized spacial score (nSPS) is 11.0. The number of hydrogen-bond acceptors (Lipinski definition) is 7. The molecule has 0 spiro atoms. The molecule has 1 aromatic carbocycles. The summed E-state index contributed by atoms with van der Waals surface area (Å²) < 4.78 is 40.1. The molecule has 0 atom stereocenters. The zero-order chi connectivity index (χ0) is 24.9. The summed E-state index contributed by atoms with van der Waals surface area (Å²) in [6.07, 6.45) is 3.28. The van der Waals surface area contributed by atoms with Crippen LogP contribution in [0.3, 0.4) is 0 Å². The van der Waals surface area contributed by atoms with Crippen molar-refractivity contribution in [2.24, 2.45) is 0 Å². The lowest BCUT2D eigenvalue weighted by Gasteiger charge is -2.20. The molecule has 4 rings (SSSR count). The van der Waals surface area contributed by atoms with Gasteiger partial charge in [-0.05, 0) is 29.8 Å². The molecule has 0 aliphatic rings. The minimum Gasteiger partial charge on any atom is -0.453 e. The SMILES string of the molecule is CNc1ccc(Oc2ccnc3cc(-c4ccc(CN(CCOC)C(C)=O)cn4)sc23)c(F)c1F. The molecular formula is C25H24F2N4O3S. The Morgan fingerprint density at radius 2 is 1.94 bits per heavy atom. The zero-order valence-electron chi connectivity index (χ0n) is 19.5. The summed E-state index contributed by atoms with van der Waals surface area (Å²) in [6, 6.07) is 10.1. The van der Waals surface area contributed by atoms with E-state index in [0.29, 0.717) is 35.7 Å². The molecule has 1 N–H and O–H groups in total. The van der Waals surface area contributed by atoms with Crippen molar-refractivity contribution >= 4 is 33.1 Å². The van der Waals surface area contributed by atoms with Crippen LogP contribution in [-0.2, 0) is 16.1 Å². The van der Waals surface area contributed by atoms with Crippen molar-refractivity contribution < 1.29 is 23.0 Å². The fourth-order valence-corrected chi connectivity index (χ4v) is 4.52. The third kappa shape index (κ3) is 5.39. The molecule has 0 aliphatic heterocycles. The number of amides is 1. The first-order valence-corrected chi connectivity index (χ1v) is 11.6.